The van der Waals surface area contributed by atoms with E-state index in [0.717, 1.165) is 30.9 Å². The topological polar surface area (TPSA) is 87.9 Å². The number of rotatable bonds is 5. The van der Waals surface area contributed by atoms with Gasteiger partial charge in [0.05, 0.1) is 6.04 Å². The molecule has 1 unspecified atom stereocenters. The molecule has 23 heavy (non-hydrogen) atoms. The van der Waals surface area contributed by atoms with Gasteiger partial charge in [0.2, 0.25) is 17.7 Å². The van der Waals surface area contributed by atoms with E-state index in [1.807, 2.05) is 31.9 Å². The van der Waals surface area contributed by atoms with E-state index in [4.69, 9.17) is 4.42 Å². The average Bonchev–Trinajstić information content (AvgIpc) is 3.24. The molecule has 1 atom stereocenters. The summed E-state index contributed by atoms with van der Waals surface area (Å²) in [5.74, 6) is 2.36. The van der Waals surface area contributed by atoms with Crippen molar-refractivity contribution in [3.05, 3.63) is 29.5 Å². The van der Waals surface area contributed by atoms with E-state index in [9.17, 15) is 4.79 Å². The van der Waals surface area contributed by atoms with Crippen molar-refractivity contribution in [2.75, 3.05) is 6.54 Å². The second-order valence-corrected chi connectivity index (χ2v) is 6.39. The van der Waals surface area contributed by atoms with Crippen LogP contribution in [-0.2, 0) is 11.2 Å². The normalized spacial score (nSPS) is 18.1. The molecule has 0 saturated carbocycles. The Morgan fingerprint density at radius 1 is 1.48 bits per heavy atom. The Morgan fingerprint density at radius 3 is 2.96 bits per heavy atom. The third kappa shape index (κ3) is 3.43. The summed E-state index contributed by atoms with van der Waals surface area (Å²) in [6, 6.07) is 0.0603. The highest BCUT2D eigenvalue weighted by molar-refractivity contribution is 5.77. The zero-order chi connectivity index (χ0) is 16.4. The number of aromatic amines is 1. The zero-order valence-corrected chi connectivity index (χ0v) is 13.9. The third-order valence-electron chi connectivity index (χ3n) is 4.14. The number of hydrogen-bond donors (Lipinski definition) is 1. The second-order valence-electron chi connectivity index (χ2n) is 6.39. The number of likely N-dealkylation sites (tertiary alicyclic amines) is 1. The van der Waals surface area contributed by atoms with Crippen molar-refractivity contribution in [3.8, 4) is 0 Å². The van der Waals surface area contributed by atoms with Gasteiger partial charge in [0, 0.05) is 37.2 Å². The third-order valence-corrected chi connectivity index (χ3v) is 4.14. The Kier molecular flexibility index (Phi) is 4.45. The van der Waals surface area contributed by atoms with E-state index in [0.29, 0.717) is 24.6 Å². The second kappa shape index (κ2) is 6.52. The molecule has 1 amide bonds. The van der Waals surface area contributed by atoms with Gasteiger partial charge < -0.3 is 14.3 Å². The first-order valence-electron chi connectivity index (χ1n) is 8.18. The first-order valence-corrected chi connectivity index (χ1v) is 8.18. The van der Waals surface area contributed by atoms with Crippen LogP contribution in [0.3, 0.4) is 0 Å². The Hall–Kier alpha value is -2.18. The molecular formula is C16H23N5O2. The average molecular weight is 317 g/mol. The number of carbonyl (C=O) groups excluding carboxylic acids is 1. The lowest BCUT2D eigenvalue weighted by molar-refractivity contribution is -0.132. The molecule has 7 heteroatoms. The molecule has 1 N–H and O–H groups in total. The highest BCUT2D eigenvalue weighted by Gasteiger charge is 2.31. The fourth-order valence-corrected chi connectivity index (χ4v) is 2.91. The molecule has 1 aliphatic heterocycles. The molecule has 0 spiro atoms. The largest absolute Gasteiger partial charge is 0.425 e. The van der Waals surface area contributed by atoms with Crippen LogP contribution in [-0.4, -0.2) is 37.5 Å². The Balaban J connectivity index is 1.60. The van der Waals surface area contributed by atoms with Crippen LogP contribution in [0, 0.1) is 6.92 Å². The summed E-state index contributed by atoms with van der Waals surface area (Å²) >= 11 is 0. The number of nitrogens with zero attached hydrogens (tertiary/aromatic N) is 4. The maximum atomic E-state index is 12.5. The number of carbonyl (C=O) groups is 1. The predicted molar refractivity (Wildman–Crippen MR) is 83.7 cm³/mol. The van der Waals surface area contributed by atoms with Gasteiger partial charge in [-0.2, -0.15) is 0 Å². The van der Waals surface area contributed by atoms with Crippen molar-refractivity contribution in [2.24, 2.45) is 0 Å². The first-order chi connectivity index (χ1) is 11.0. The number of amides is 1. The van der Waals surface area contributed by atoms with E-state index < -0.39 is 0 Å². The molecule has 2 aromatic rings. The summed E-state index contributed by atoms with van der Waals surface area (Å²) in [5.41, 5.74) is 1.02. The van der Waals surface area contributed by atoms with Gasteiger partial charge >= 0.3 is 0 Å². The molecule has 1 fully saturated rings. The van der Waals surface area contributed by atoms with E-state index >= 15 is 0 Å². The molecule has 0 radical (unpaired) electrons. The van der Waals surface area contributed by atoms with Crippen LogP contribution in [0.15, 0.2) is 10.6 Å². The summed E-state index contributed by atoms with van der Waals surface area (Å²) in [5, 5.41) is 8.01. The molecule has 3 heterocycles. The van der Waals surface area contributed by atoms with Crippen LogP contribution in [0.4, 0.5) is 0 Å². The Labute approximate surface area is 135 Å². The van der Waals surface area contributed by atoms with Crippen LogP contribution in [0.2, 0.25) is 0 Å². The summed E-state index contributed by atoms with van der Waals surface area (Å²) in [7, 11) is 0. The Morgan fingerprint density at radius 2 is 2.30 bits per heavy atom. The van der Waals surface area contributed by atoms with E-state index in [-0.39, 0.29) is 17.9 Å². The number of hydrogen-bond acceptors (Lipinski definition) is 5. The highest BCUT2D eigenvalue weighted by Crippen LogP contribution is 2.30. The maximum absolute atomic E-state index is 12.5. The quantitative estimate of drug-likeness (QED) is 0.915. The van der Waals surface area contributed by atoms with Crippen LogP contribution < -0.4 is 0 Å². The van der Waals surface area contributed by atoms with Gasteiger partial charge in [0.1, 0.15) is 5.82 Å². The van der Waals surface area contributed by atoms with Crippen molar-refractivity contribution in [1.29, 1.82) is 0 Å². The maximum Gasteiger partial charge on any atom is 0.223 e. The monoisotopic (exact) mass is 317 g/mol. The highest BCUT2D eigenvalue weighted by atomic mass is 16.4. The number of aromatic nitrogens is 4. The fraction of sp³-hybridized carbons (Fsp3) is 0.625. The molecule has 3 rings (SSSR count). The van der Waals surface area contributed by atoms with E-state index in [2.05, 4.69) is 20.2 Å². The van der Waals surface area contributed by atoms with Gasteiger partial charge in [-0.25, -0.2) is 4.98 Å². The van der Waals surface area contributed by atoms with Crippen molar-refractivity contribution in [2.45, 2.75) is 58.4 Å². The molecular weight excluding hydrogens is 294 g/mol. The van der Waals surface area contributed by atoms with Crippen molar-refractivity contribution >= 4 is 5.91 Å². The minimum absolute atomic E-state index is 0.0603. The fourth-order valence-electron chi connectivity index (χ4n) is 2.91. The van der Waals surface area contributed by atoms with Crippen LogP contribution in [0.1, 0.15) is 68.4 Å². The molecule has 0 aromatic carbocycles. The molecule has 1 aliphatic rings. The number of H-pyrrole nitrogens is 1. The van der Waals surface area contributed by atoms with Gasteiger partial charge in [0.15, 0.2) is 0 Å². The van der Waals surface area contributed by atoms with E-state index in [1.165, 1.54) is 0 Å². The van der Waals surface area contributed by atoms with Crippen LogP contribution in [0.25, 0.3) is 0 Å². The minimum Gasteiger partial charge on any atom is -0.425 e. The predicted octanol–water partition coefficient (Wildman–Crippen LogP) is 2.52. The summed E-state index contributed by atoms with van der Waals surface area (Å²) < 4.78 is 5.56. The van der Waals surface area contributed by atoms with Gasteiger partial charge in [-0.15, -0.1) is 10.2 Å². The van der Waals surface area contributed by atoms with Crippen molar-refractivity contribution < 1.29 is 9.21 Å². The van der Waals surface area contributed by atoms with Crippen LogP contribution in [0.5, 0.6) is 0 Å². The molecule has 7 nitrogen and oxygen atoms in total. The molecule has 124 valence electrons. The minimum atomic E-state index is 0.0603. The van der Waals surface area contributed by atoms with Crippen molar-refractivity contribution in [3.63, 3.8) is 0 Å². The number of nitrogens with one attached hydrogen (secondary N) is 1. The number of aryl methyl sites for hydroxylation is 2. The van der Waals surface area contributed by atoms with Gasteiger partial charge in [-0.3, -0.25) is 4.79 Å². The SMILES string of the molecule is Cc1cnc(C2CCCN2C(=O)CCc2nnc(C(C)C)o2)[nH]1. The number of imidazole rings is 1. The Bertz CT molecular complexity index is 676. The smallest absolute Gasteiger partial charge is 0.223 e. The van der Waals surface area contributed by atoms with Gasteiger partial charge in [0.25, 0.3) is 0 Å². The van der Waals surface area contributed by atoms with Gasteiger partial charge in [-0.1, -0.05) is 13.8 Å². The lowest BCUT2D eigenvalue weighted by atomic mass is 10.2. The molecule has 0 bridgehead atoms. The molecule has 0 aliphatic carbocycles. The summed E-state index contributed by atoms with van der Waals surface area (Å²) in [6.07, 6.45) is 4.64. The van der Waals surface area contributed by atoms with Gasteiger partial charge in [-0.05, 0) is 19.8 Å². The lowest BCUT2D eigenvalue weighted by Gasteiger charge is -2.23. The molecule has 1 saturated heterocycles. The standard InChI is InChI=1S/C16H23N5O2/c1-10(2)16-20-19-13(23-16)6-7-14(22)21-8-4-5-12(21)15-17-9-11(3)18-15/h9-10,12H,4-8H2,1-3H3,(H,17,18). The van der Waals surface area contributed by atoms with Crippen LogP contribution >= 0.6 is 0 Å². The summed E-state index contributed by atoms with van der Waals surface area (Å²) in [6.45, 7) is 6.76. The summed E-state index contributed by atoms with van der Waals surface area (Å²) in [4.78, 5) is 22.1. The zero-order valence-electron chi connectivity index (χ0n) is 13.9. The lowest BCUT2D eigenvalue weighted by Crippen LogP contribution is -2.31. The first kappa shape index (κ1) is 15.7. The molecule has 2 aromatic heterocycles. The van der Waals surface area contributed by atoms with E-state index in [1.54, 1.807) is 0 Å². The van der Waals surface area contributed by atoms with Crippen molar-refractivity contribution in [1.82, 2.24) is 25.1 Å².